The first-order valence-corrected chi connectivity index (χ1v) is 7.34. The second kappa shape index (κ2) is 6.30. The van der Waals surface area contributed by atoms with Gasteiger partial charge in [-0.1, -0.05) is 13.3 Å². The summed E-state index contributed by atoms with van der Waals surface area (Å²) in [6.07, 6.45) is 2.68. The number of carboxylic acids is 1. The number of hydrogen-bond acceptors (Lipinski definition) is 4. The normalized spacial score (nSPS) is 22.3. The number of amides is 1. The van der Waals surface area contributed by atoms with Gasteiger partial charge in [0.25, 0.3) is 5.91 Å². The molecule has 6 heteroatoms. The number of hydrogen-bond donors (Lipinski definition) is 2. The summed E-state index contributed by atoms with van der Waals surface area (Å²) in [7, 11) is 0. The van der Waals surface area contributed by atoms with E-state index in [1.54, 1.807) is 17.0 Å². The van der Waals surface area contributed by atoms with E-state index in [1.165, 1.54) is 0 Å². The third kappa shape index (κ3) is 3.10. The molecule has 0 bridgehead atoms. The minimum Gasteiger partial charge on any atom is -0.481 e. The zero-order valence-electron chi connectivity index (χ0n) is 12.3. The predicted molar refractivity (Wildman–Crippen MR) is 76.7 cm³/mol. The third-order valence-electron chi connectivity index (χ3n) is 4.12. The zero-order chi connectivity index (χ0) is 15.5. The van der Waals surface area contributed by atoms with Crippen molar-refractivity contribution in [1.82, 2.24) is 4.90 Å². The Kier molecular flexibility index (Phi) is 4.67. The van der Waals surface area contributed by atoms with Crippen LogP contribution in [0.5, 0.6) is 0 Å². The third-order valence-corrected chi connectivity index (χ3v) is 4.12. The summed E-state index contributed by atoms with van der Waals surface area (Å²) in [5.74, 6) is -0.290. The average molecular weight is 294 g/mol. The highest BCUT2D eigenvalue weighted by Crippen LogP contribution is 2.35. The van der Waals surface area contributed by atoms with Crippen LogP contribution in [-0.4, -0.2) is 35.0 Å². The lowest BCUT2D eigenvalue weighted by molar-refractivity contribution is -0.152. The summed E-state index contributed by atoms with van der Waals surface area (Å²) in [5, 5.41) is 9.55. The average Bonchev–Trinajstić information content (AvgIpc) is 2.96. The Morgan fingerprint density at radius 3 is 2.81 bits per heavy atom. The molecule has 0 spiro atoms. The van der Waals surface area contributed by atoms with Crippen molar-refractivity contribution in [1.29, 1.82) is 0 Å². The molecule has 1 aliphatic heterocycles. The molecule has 2 heterocycles. The molecule has 1 fully saturated rings. The molecule has 0 aliphatic carbocycles. The van der Waals surface area contributed by atoms with E-state index < -0.39 is 11.4 Å². The lowest BCUT2D eigenvalue weighted by Gasteiger charge is -2.39. The number of aliphatic carboxylic acids is 1. The van der Waals surface area contributed by atoms with Crippen LogP contribution < -0.4 is 5.73 Å². The van der Waals surface area contributed by atoms with E-state index in [0.29, 0.717) is 31.6 Å². The van der Waals surface area contributed by atoms with Crippen molar-refractivity contribution >= 4 is 11.9 Å². The molecular formula is C15H22N2O4. The number of carbonyl (C=O) groups excluding carboxylic acids is 1. The largest absolute Gasteiger partial charge is 0.481 e. The number of nitrogens with two attached hydrogens (primary N) is 1. The van der Waals surface area contributed by atoms with Crippen LogP contribution in [-0.2, 0) is 11.3 Å². The maximum absolute atomic E-state index is 12.4. The number of carbonyl (C=O) groups is 2. The lowest BCUT2D eigenvalue weighted by Crippen LogP contribution is -2.49. The Morgan fingerprint density at radius 2 is 2.24 bits per heavy atom. The van der Waals surface area contributed by atoms with E-state index in [1.807, 2.05) is 6.92 Å². The standard InChI is InChI=1S/C15H22N2O4/c1-2-6-15(14(19)20)7-3-8-17(10-15)13(18)12-5-4-11(9-16)21-12/h4-5H,2-3,6-10,16H2,1H3,(H,19,20). The highest BCUT2D eigenvalue weighted by Gasteiger charge is 2.43. The van der Waals surface area contributed by atoms with Gasteiger partial charge >= 0.3 is 5.97 Å². The fourth-order valence-corrected chi connectivity index (χ4v) is 3.03. The molecule has 1 unspecified atom stereocenters. The van der Waals surface area contributed by atoms with E-state index >= 15 is 0 Å². The Balaban J connectivity index is 2.16. The fourth-order valence-electron chi connectivity index (χ4n) is 3.03. The van der Waals surface area contributed by atoms with Crippen molar-refractivity contribution in [2.45, 2.75) is 39.2 Å². The molecule has 21 heavy (non-hydrogen) atoms. The molecule has 6 nitrogen and oxygen atoms in total. The highest BCUT2D eigenvalue weighted by atomic mass is 16.4. The second-order valence-electron chi connectivity index (χ2n) is 5.64. The van der Waals surface area contributed by atoms with Gasteiger partial charge in [-0.15, -0.1) is 0 Å². The quantitative estimate of drug-likeness (QED) is 0.863. The van der Waals surface area contributed by atoms with E-state index in [9.17, 15) is 14.7 Å². The van der Waals surface area contributed by atoms with Gasteiger partial charge in [0.15, 0.2) is 5.76 Å². The first-order chi connectivity index (χ1) is 10.0. The lowest BCUT2D eigenvalue weighted by atomic mass is 9.76. The van der Waals surface area contributed by atoms with Crippen LogP contribution in [0.15, 0.2) is 16.5 Å². The maximum Gasteiger partial charge on any atom is 0.311 e. The summed E-state index contributed by atoms with van der Waals surface area (Å²) in [4.78, 5) is 25.7. The molecule has 1 aromatic heterocycles. The molecule has 1 aromatic rings. The van der Waals surface area contributed by atoms with Crippen LogP contribution in [0.2, 0.25) is 0 Å². The number of piperidine rings is 1. The topological polar surface area (TPSA) is 96.8 Å². The summed E-state index contributed by atoms with van der Waals surface area (Å²) in [5.41, 5.74) is 4.64. The van der Waals surface area contributed by atoms with Crippen molar-refractivity contribution in [3.05, 3.63) is 23.7 Å². The first kappa shape index (κ1) is 15.6. The Morgan fingerprint density at radius 1 is 1.48 bits per heavy atom. The van der Waals surface area contributed by atoms with Crippen LogP contribution in [0.25, 0.3) is 0 Å². The van der Waals surface area contributed by atoms with Gasteiger partial charge in [-0.3, -0.25) is 9.59 Å². The Hall–Kier alpha value is -1.82. The summed E-state index contributed by atoms with van der Waals surface area (Å²) < 4.78 is 5.37. The van der Waals surface area contributed by atoms with Crippen LogP contribution in [0.4, 0.5) is 0 Å². The summed E-state index contributed by atoms with van der Waals surface area (Å²) >= 11 is 0. The number of furan rings is 1. The molecule has 116 valence electrons. The first-order valence-electron chi connectivity index (χ1n) is 7.34. The summed E-state index contributed by atoms with van der Waals surface area (Å²) in [6, 6.07) is 3.27. The maximum atomic E-state index is 12.4. The van der Waals surface area contributed by atoms with Crippen molar-refractivity contribution in [2.75, 3.05) is 13.1 Å². The zero-order valence-corrected chi connectivity index (χ0v) is 12.3. The van der Waals surface area contributed by atoms with Gasteiger partial charge in [-0.2, -0.15) is 0 Å². The molecule has 0 saturated carbocycles. The smallest absolute Gasteiger partial charge is 0.311 e. The number of carboxylic acid groups (broad SMARTS) is 1. The van der Waals surface area contributed by atoms with E-state index in [0.717, 1.165) is 6.42 Å². The fraction of sp³-hybridized carbons (Fsp3) is 0.600. The molecule has 3 N–H and O–H groups in total. The minimum absolute atomic E-state index is 0.230. The van der Waals surface area contributed by atoms with E-state index in [2.05, 4.69) is 0 Å². The number of likely N-dealkylation sites (tertiary alicyclic amines) is 1. The van der Waals surface area contributed by atoms with Crippen molar-refractivity contribution < 1.29 is 19.1 Å². The van der Waals surface area contributed by atoms with E-state index in [-0.39, 0.29) is 24.8 Å². The van der Waals surface area contributed by atoms with Gasteiger partial charge in [0, 0.05) is 13.1 Å². The van der Waals surface area contributed by atoms with Gasteiger partial charge < -0.3 is 20.2 Å². The molecule has 1 amide bonds. The van der Waals surface area contributed by atoms with Crippen LogP contribution in [0.1, 0.15) is 48.9 Å². The molecule has 1 saturated heterocycles. The molecule has 1 atom stereocenters. The second-order valence-corrected chi connectivity index (χ2v) is 5.64. The molecular weight excluding hydrogens is 272 g/mol. The van der Waals surface area contributed by atoms with Gasteiger partial charge in [-0.25, -0.2) is 0 Å². The van der Waals surface area contributed by atoms with Crippen molar-refractivity contribution in [3.63, 3.8) is 0 Å². The van der Waals surface area contributed by atoms with Gasteiger partial charge in [0.1, 0.15) is 5.76 Å². The highest BCUT2D eigenvalue weighted by molar-refractivity contribution is 5.92. The molecule has 0 radical (unpaired) electrons. The SMILES string of the molecule is CCCC1(C(=O)O)CCCN(C(=O)c2ccc(CN)o2)C1. The number of rotatable bonds is 5. The molecule has 1 aliphatic rings. The van der Waals surface area contributed by atoms with E-state index in [4.69, 9.17) is 10.2 Å². The number of nitrogens with zero attached hydrogens (tertiary/aromatic N) is 1. The monoisotopic (exact) mass is 294 g/mol. The predicted octanol–water partition coefficient (Wildman–Crippen LogP) is 1.85. The van der Waals surface area contributed by atoms with Crippen LogP contribution in [0, 0.1) is 5.41 Å². The summed E-state index contributed by atoms with van der Waals surface area (Å²) in [6.45, 7) is 3.01. The Bertz CT molecular complexity index is 521. The molecule has 2 rings (SSSR count). The van der Waals surface area contributed by atoms with Gasteiger partial charge in [-0.05, 0) is 31.4 Å². The van der Waals surface area contributed by atoms with Crippen molar-refractivity contribution in [3.8, 4) is 0 Å². The van der Waals surface area contributed by atoms with Crippen molar-refractivity contribution in [2.24, 2.45) is 11.1 Å². The van der Waals surface area contributed by atoms with Crippen LogP contribution in [0.3, 0.4) is 0 Å². The Labute approximate surface area is 123 Å². The molecule has 0 aromatic carbocycles. The van der Waals surface area contributed by atoms with Gasteiger partial charge in [0.2, 0.25) is 0 Å². The van der Waals surface area contributed by atoms with Crippen LogP contribution >= 0.6 is 0 Å². The minimum atomic E-state index is -0.827. The van der Waals surface area contributed by atoms with Gasteiger partial charge in [0.05, 0.1) is 12.0 Å².